The molecule has 0 spiro atoms. The number of hydrogen-bond acceptors (Lipinski definition) is 7. The van der Waals surface area contributed by atoms with E-state index in [0.29, 0.717) is 63.3 Å². The Balaban J connectivity index is 1.27. The average Bonchev–Trinajstić information content (AvgIpc) is 3.52. The summed E-state index contributed by atoms with van der Waals surface area (Å²) >= 11 is 6.77. The van der Waals surface area contributed by atoms with Crippen molar-refractivity contribution in [3.63, 3.8) is 0 Å². The molecule has 0 N–H and O–H groups in total. The number of hydrogen-bond donors (Lipinski definition) is 0. The fourth-order valence-electron chi connectivity index (χ4n) is 5.47. The van der Waals surface area contributed by atoms with Crippen LogP contribution in [0.1, 0.15) is 18.1 Å². The van der Waals surface area contributed by atoms with Gasteiger partial charge in [0.15, 0.2) is 17.3 Å². The summed E-state index contributed by atoms with van der Waals surface area (Å²) < 4.78 is 25.0. The molecule has 0 aliphatic heterocycles. The third-order valence-electron chi connectivity index (χ3n) is 7.62. The standard InChI is InChI=1S/C37H28ClN3O5/c1-3-44-33-19-23(18-29(38)35(33)45-22-25-12-8-11-24-10-4-5-13-26(24)25)21-39-41-36(40-30-15-7-6-14-27(30)37(41)42)34-20-28-31(43-2)16-9-17-32(28)46-34/h4-21H,3,22H2,1-2H3. The zero-order valence-electron chi connectivity index (χ0n) is 25.1. The highest BCUT2D eigenvalue weighted by Gasteiger charge is 2.19. The summed E-state index contributed by atoms with van der Waals surface area (Å²) in [5.74, 6) is 2.14. The van der Waals surface area contributed by atoms with E-state index in [1.54, 1.807) is 43.5 Å². The molecule has 7 rings (SSSR count). The van der Waals surface area contributed by atoms with E-state index >= 15 is 0 Å². The van der Waals surface area contributed by atoms with Crippen molar-refractivity contribution in [3.05, 3.63) is 130 Å². The second kappa shape index (κ2) is 12.4. The summed E-state index contributed by atoms with van der Waals surface area (Å²) in [7, 11) is 1.59. The predicted molar refractivity (Wildman–Crippen MR) is 182 cm³/mol. The first-order valence-corrected chi connectivity index (χ1v) is 15.1. The van der Waals surface area contributed by atoms with Crippen LogP contribution in [0.5, 0.6) is 17.2 Å². The summed E-state index contributed by atoms with van der Waals surface area (Å²) in [6, 6.07) is 32.2. The van der Waals surface area contributed by atoms with Crippen molar-refractivity contribution in [2.75, 3.05) is 13.7 Å². The first-order valence-electron chi connectivity index (χ1n) is 14.7. The molecule has 9 heteroatoms. The van der Waals surface area contributed by atoms with Crippen molar-refractivity contribution in [1.82, 2.24) is 9.66 Å². The molecule has 0 aliphatic carbocycles. The summed E-state index contributed by atoms with van der Waals surface area (Å²) in [5.41, 5.74) is 2.40. The van der Waals surface area contributed by atoms with Gasteiger partial charge in [-0.25, -0.2) is 4.98 Å². The Labute approximate surface area is 269 Å². The highest BCUT2D eigenvalue weighted by Crippen LogP contribution is 2.38. The molecule has 0 aliphatic rings. The van der Waals surface area contributed by atoms with Crippen molar-refractivity contribution in [3.8, 4) is 28.8 Å². The molecule has 46 heavy (non-hydrogen) atoms. The third-order valence-corrected chi connectivity index (χ3v) is 7.90. The first kappa shape index (κ1) is 29.1. The fraction of sp³-hybridized carbons (Fsp3) is 0.108. The van der Waals surface area contributed by atoms with Crippen molar-refractivity contribution >= 4 is 50.5 Å². The van der Waals surface area contributed by atoms with Crippen molar-refractivity contribution < 1.29 is 18.6 Å². The van der Waals surface area contributed by atoms with Gasteiger partial charge in [0.1, 0.15) is 17.9 Å². The van der Waals surface area contributed by atoms with Crippen LogP contribution >= 0.6 is 11.6 Å². The number of para-hydroxylation sites is 1. The number of rotatable bonds is 9. The highest BCUT2D eigenvalue weighted by molar-refractivity contribution is 6.32. The molecule has 0 saturated carbocycles. The van der Waals surface area contributed by atoms with Crippen LogP contribution in [0.2, 0.25) is 5.02 Å². The molecule has 5 aromatic carbocycles. The number of aromatic nitrogens is 2. The highest BCUT2D eigenvalue weighted by atomic mass is 35.5. The number of ether oxygens (including phenoxy) is 3. The van der Waals surface area contributed by atoms with Crippen LogP contribution in [0.3, 0.4) is 0 Å². The molecule has 0 unspecified atom stereocenters. The van der Waals surface area contributed by atoms with E-state index in [4.69, 9.17) is 35.2 Å². The Kier molecular flexibility index (Phi) is 7.86. The quantitative estimate of drug-likeness (QED) is 0.149. The van der Waals surface area contributed by atoms with Crippen LogP contribution in [0.4, 0.5) is 0 Å². The number of furan rings is 1. The van der Waals surface area contributed by atoms with Crippen LogP contribution in [-0.4, -0.2) is 29.6 Å². The SMILES string of the molecule is CCOc1cc(C=Nn2c(-c3cc4c(OC)cccc4o3)nc3ccccc3c2=O)cc(Cl)c1OCc1cccc2ccccc12. The molecule has 0 amide bonds. The molecule has 0 atom stereocenters. The summed E-state index contributed by atoms with van der Waals surface area (Å²) in [4.78, 5) is 18.5. The summed E-state index contributed by atoms with van der Waals surface area (Å²) in [6.07, 6.45) is 1.54. The number of fused-ring (bicyclic) bond motifs is 3. The Hall–Kier alpha value is -5.60. The van der Waals surface area contributed by atoms with Gasteiger partial charge < -0.3 is 18.6 Å². The molecule has 0 saturated heterocycles. The molecule has 7 aromatic rings. The monoisotopic (exact) mass is 629 g/mol. The van der Waals surface area contributed by atoms with E-state index in [1.165, 1.54) is 10.9 Å². The average molecular weight is 630 g/mol. The summed E-state index contributed by atoms with van der Waals surface area (Å²) in [5, 5.41) is 8.35. The third kappa shape index (κ3) is 5.44. The van der Waals surface area contributed by atoms with Crippen molar-refractivity contribution in [1.29, 1.82) is 0 Å². The van der Waals surface area contributed by atoms with E-state index < -0.39 is 0 Å². The number of benzene rings is 5. The van der Waals surface area contributed by atoms with Gasteiger partial charge in [0.2, 0.25) is 5.82 Å². The maximum atomic E-state index is 13.8. The van der Waals surface area contributed by atoms with Gasteiger partial charge in [0.25, 0.3) is 5.56 Å². The minimum atomic E-state index is -0.351. The van der Waals surface area contributed by atoms with Crippen molar-refractivity contribution in [2.45, 2.75) is 13.5 Å². The van der Waals surface area contributed by atoms with E-state index in [1.807, 2.05) is 55.5 Å². The predicted octanol–water partition coefficient (Wildman–Crippen LogP) is 8.48. The van der Waals surface area contributed by atoms with Gasteiger partial charge in [-0.05, 0) is 71.3 Å². The second-order valence-corrected chi connectivity index (χ2v) is 10.9. The van der Waals surface area contributed by atoms with E-state index in [2.05, 4.69) is 23.3 Å². The molecule has 0 bridgehead atoms. The van der Waals surface area contributed by atoms with Gasteiger partial charge in [-0.15, -0.1) is 0 Å². The maximum absolute atomic E-state index is 13.8. The van der Waals surface area contributed by atoms with Crippen LogP contribution in [0.25, 0.3) is 44.2 Å². The van der Waals surface area contributed by atoms with E-state index in [9.17, 15) is 4.79 Å². The lowest BCUT2D eigenvalue weighted by Gasteiger charge is -2.15. The normalized spacial score (nSPS) is 11.5. The second-order valence-electron chi connectivity index (χ2n) is 10.5. The Bertz CT molecular complexity index is 2320. The minimum Gasteiger partial charge on any atom is -0.496 e. The van der Waals surface area contributed by atoms with Crippen LogP contribution in [0.15, 0.2) is 117 Å². The Morgan fingerprint density at radius 1 is 0.870 bits per heavy atom. The lowest BCUT2D eigenvalue weighted by Crippen LogP contribution is -2.20. The Morgan fingerprint density at radius 3 is 2.50 bits per heavy atom. The molecular formula is C37H28ClN3O5. The Morgan fingerprint density at radius 2 is 1.65 bits per heavy atom. The van der Waals surface area contributed by atoms with E-state index in [-0.39, 0.29) is 11.4 Å². The topological polar surface area (TPSA) is 88.1 Å². The van der Waals surface area contributed by atoms with Gasteiger partial charge in [-0.3, -0.25) is 4.79 Å². The molecule has 0 radical (unpaired) electrons. The van der Waals surface area contributed by atoms with Crippen LogP contribution in [0, 0.1) is 0 Å². The van der Waals surface area contributed by atoms with Gasteiger partial charge >= 0.3 is 0 Å². The van der Waals surface area contributed by atoms with Gasteiger partial charge in [-0.1, -0.05) is 72.3 Å². The maximum Gasteiger partial charge on any atom is 0.282 e. The van der Waals surface area contributed by atoms with Gasteiger partial charge in [0, 0.05) is 0 Å². The smallest absolute Gasteiger partial charge is 0.282 e. The molecule has 2 aromatic heterocycles. The van der Waals surface area contributed by atoms with Crippen LogP contribution < -0.4 is 19.8 Å². The van der Waals surface area contributed by atoms with Crippen molar-refractivity contribution in [2.24, 2.45) is 5.10 Å². The number of halogens is 1. The zero-order valence-corrected chi connectivity index (χ0v) is 25.8. The van der Waals surface area contributed by atoms with E-state index in [0.717, 1.165) is 21.7 Å². The fourth-order valence-corrected chi connectivity index (χ4v) is 5.74. The molecule has 0 fully saturated rings. The van der Waals surface area contributed by atoms with Crippen LogP contribution in [-0.2, 0) is 6.61 Å². The van der Waals surface area contributed by atoms with Gasteiger partial charge in [0.05, 0.1) is 41.2 Å². The number of nitrogens with zero attached hydrogens (tertiary/aromatic N) is 3. The molecule has 2 heterocycles. The molecular weight excluding hydrogens is 602 g/mol. The minimum absolute atomic E-state index is 0.240. The lowest BCUT2D eigenvalue weighted by atomic mass is 10.1. The lowest BCUT2D eigenvalue weighted by molar-refractivity contribution is 0.270. The van der Waals surface area contributed by atoms with Gasteiger partial charge in [-0.2, -0.15) is 9.78 Å². The molecule has 8 nitrogen and oxygen atoms in total. The molecule has 228 valence electrons. The summed E-state index contributed by atoms with van der Waals surface area (Å²) in [6.45, 7) is 2.59. The largest absolute Gasteiger partial charge is 0.496 e. The zero-order chi connectivity index (χ0) is 31.6. The first-order chi connectivity index (χ1) is 22.5. The number of methoxy groups -OCH3 is 1.